The number of aromatic nitrogens is 1. The minimum Gasteiger partial charge on any atom is -0.352 e. The Morgan fingerprint density at radius 1 is 1.21 bits per heavy atom. The Kier molecular flexibility index (Phi) is 9.15. The molecule has 0 bridgehead atoms. The lowest BCUT2D eigenvalue weighted by Crippen LogP contribution is -2.36. The van der Waals surface area contributed by atoms with Gasteiger partial charge in [-0.2, -0.15) is 0 Å². The van der Waals surface area contributed by atoms with Crippen LogP contribution in [-0.2, 0) is 13.1 Å². The predicted octanol–water partition coefficient (Wildman–Crippen LogP) is 3.87. The second-order valence-electron chi connectivity index (χ2n) is 6.85. The van der Waals surface area contributed by atoms with Crippen molar-refractivity contribution in [2.24, 2.45) is 4.99 Å². The number of thiazole rings is 1. The van der Waals surface area contributed by atoms with E-state index in [1.165, 1.54) is 4.88 Å². The summed E-state index contributed by atoms with van der Waals surface area (Å²) >= 11 is 1.70. The summed E-state index contributed by atoms with van der Waals surface area (Å²) in [6, 6.07) is 7.87. The molecule has 1 aromatic heterocycles. The first-order valence-corrected chi connectivity index (χ1v) is 10.4. The number of hydrogen-bond acceptors (Lipinski definition) is 4. The molecule has 2 heterocycles. The number of carbonyl (C=O) groups excluding carboxylic acids is 1. The maximum atomic E-state index is 12.3. The fraction of sp³-hybridized carbons (Fsp3) is 0.450. The van der Waals surface area contributed by atoms with Crippen LogP contribution in [0.3, 0.4) is 0 Å². The highest BCUT2D eigenvalue weighted by atomic mass is 127. The molecule has 3 rings (SSSR count). The largest absolute Gasteiger partial charge is 0.352 e. The maximum absolute atomic E-state index is 12.3. The Labute approximate surface area is 193 Å². The Hall–Kier alpha value is -1.88. The number of nitrogens with zero attached hydrogens (tertiary/aromatic N) is 3. The number of amides is 2. The summed E-state index contributed by atoms with van der Waals surface area (Å²) in [4.78, 5) is 24.1. The molecule has 29 heavy (non-hydrogen) atoms. The fourth-order valence-corrected chi connectivity index (χ4v) is 4.07. The molecule has 0 atom stereocenters. The second kappa shape index (κ2) is 11.3. The zero-order chi connectivity index (χ0) is 19.9. The molecule has 9 heteroatoms. The van der Waals surface area contributed by atoms with E-state index in [0.29, 0.717) is 13.1 Å². The number of benzene rings is 1. The summed E-state index contributed by atoms with van der Waals surface area (Å²) in [5.74, 6) is 0.733. The van der Waals surface area contributed by atoms with Gasteiger partial charge in [0, 0.05) is 37.2 Å². The van der Waals surface area contributed by atoms with Crippen LogP contribution < -0.4 is 16.0 Å². The molecule has 1 aromatic carbocycles. The number of halogens is 1. The van der Waals surface area contributed by atoms with Gasteiger partial charge in [-0.15, -0.1) is 35.3 Å². The smallest absolute Gasteiger partial charge is 0.321 e. The number of aryl methyl sites for hydroxylation is 2. The van der Waals surface area contributed by atoms with Crippen molar-refractivity contribution in [1.29, 1.82) is 0 Å². The summed E-state index contributed by atoms with van der Waals surface area (Å²) in [6.45, 7) is 7.04. The number of anilines is 1. The van der Waals surface area contributed by atoms with Crippen molar-refractivity contribution < 1.29 is 4.79 Å². The molecule has 1 aliphatic heterocycles. The van der Waals surface area contributed by atoms with E-state index in [1.54, 1.807) is 18.4 Å². The Morgan fingerprint density at radius 3 is 2.59 bits per heavy atom. The average Bonchev–Trinajstić information content (AvgIpc) is 3.32. The van der Waals surface area contributed by atoms with Gasteiger partial charge in [0.05, 0.1) is 17.2 Å². The van der Waals surface area contributed by atoms with Gasteiger partial charge in [0.2, 0.25) is 0 Å². The SMILES string of the molecule is CN=C(NCc1cccc(NC(=O)N2CCCC2)c1)NCc1sc(C)nc1C.I. The van der Waals surface area contributed by atoms with Gasteiger partial charge in [0.1, 0.15) is 0 Å². The fourth-order valence-electron chi connectivity index (χ4n) is 3.19. The first kappa shape index (κ1) is 23.4. The third kappa shape index (κ3) is 6.84. The second-order valence-corrected chi connectivity index (χ2v) is 8.13. The van der Waals surface area contributed by atoms with Gasteiger partial charge in [0.25, 0.3) is 0 Å². The molecular weight excluding hydrogens is 499 g/mol. The van der Waals surface area contributed by atoms with Gasteiger partial charge in [-0.3, -0.25) is 4.99 Å². The first-order valence-electron chi connectivity index (χ1n) is 9.57. The van der Waals surface area contributed by atoms with E-state index in [2.05, 4.69) is 25.9 Å². The summed E-state index contributed by atoms with van der Waals surface area (Å²) in [6.07, 6.45) is 2.17. The van der Waals surface area contributed by atoms with Crippen molar-refractivity contribution in [3.63, 3.8) is 0 Å². The molecule has 1 fully saturated rings. The van der Waals surface area contributed by atoms with Crippen LogP contribution in [0.4, 0.5) is 10.5 Å². The third-order valence-electron chi connectivity index (χ3n) is 4.67. The van der Waals surface area contributed by atoms with E-state index < -0.39 is 0 Å². The lowest BCUT2D eigenvalue weighted by Gasteiger charge is -2.17. The third-order valence-corrected chi connectivity index (χ3v) is 5.74. The lowest BCUT2D eigenvalue weighted by atomic mass is 10.2. The van der Waals surface area contributed by atoms with Crippen LogP contribution in [0, 0.1) is 13.8 Å². The van der Waals surface area contributed by atoms with E-state index in [0.717, 1.165) is 53.8 Å². The van der Waals surface area contributed by atoms with Crippen molar-refractivity contribution >= 4 is 53.0 Å². The lowest BCUT2D eigenvalue weighted by molar-refractivity contribution is 0.222. The molecule has 2 amide bonds. The Balaban J connectivity index is 0.00000300. The van der Waals surface area contributed by atoms with Crippen LogP contribution in [0.2, 0.25) is 0 Å². The van der Waals surface area contributed by atoms with Gasteiger partial charge in [-0.25, -0.2) is 9.78 Å². The number of guanidine groups is 1. The predicted molar refractivity (Wildman–Crippen MR) is 130 cm³/mol. The molecule has 1 saturated heterocycles. The monoisotopic (exact) mass is 528 g/mol. The molecule has 158 valence electrons. The number of likely N-dealkylation sites (tertiary alicyclic amines) is 1. The Bertz CT molecular complexity index is 847. The van der Waals surface area contributed by atoms with E-state index in [4.69, 9.17) is 0 Å². The molecule has 3 N–H and O–H groups in total. The summed E-state index contributed by atoms with van der Waals surface area (Å²) in [5, 5.41) is 10.7. The summed E-state index contributed by atoms with van der Waals surface area (Å²) < 4.78 is 0. The number of hydrogen-bond donors (Lipinski definition) is 3. The standard InChI is InChI=1S/C20H28N6OS.HI/c1-14-18(28-15(2)24-14)13-23-19(21-3)22-12-16-7-6-8-17(11-16)25-20(27)26-9-4-5-10-26;/h6-8,11H,4-5,9-10,12-13H2,1-3H3,(H,25,27)(H2,21,22,23);1H. The van der Waals surface area contributed by atoms with Crippen LogP contribution in [0.25, 0.3) is 0 Å². The molecule has 7 nitrogen and oxygen atoms in total. The average molecular weight is 528 g/mol. The molecule has 0 saturated carbocycles. The number of aliphatic imine (C=N–C) groups is 1. The van der Waals surface area contributed by atoms with E-state index in [9.17, 15) is 4.79 Å². The maximum Gasteiger partial charge on any atom is 0.321 e. The van der Waals surface area contributed by atoms with E-state index >= 15 is 0 Å². The summed E-state index contributed by atoms with van der Waals surface area (Å²) in [5.41, 5.74) is 2.95. The van der Waals surface area contributed by atoms with Crippen LogP contribution in [0.5, 0.6) is 0 Å². The minimum atomic E-state index is -0.0182. The van der Waals surface area contributed by atoms with Crippen LogP contribution >= 0.6 is 35.3 Å². The molecule has 0 spiro atoms. The molecule has 0 aliphatic carbocycles. The number of nitrogens with one attached hydrogen (secondary N) is 3. The van der Waals surface area contributed by atoms with Crippen LogP contribution in [-0.4, -0.2) is 42.0 Å². The van der Waals surface area contributed by atoms with Crippen LogP contribution in [0.1, 0.15) is 34.0 Å². The molecule has 1 aliphatic rings. The zero-order valence-corrected chi connectivity index (χ0v) is 20.3. The van der Waals surface area contributed by atoms with Crippen LogP contribution in [0.15, 0.2) is 29.3 Å². The minimum absolute atomic E-state index is 0. The number of urea groups is 1. The summed E-state index contributed by atoms with van der Waals surface area (Å²) in [7, 11) is 1.76. The molecular formula is C20H29IN6OS. The highest BCUT2D eigenvalue weighted by molar-refractivity contribution is 14.0. The van der Waals surface area contributed by atoms with E-state index in [1.807, 2.05) is 43.0 Å². The van der Waals surface area contributed by atoms with Gasteiger partial charge >= 0.3 is 6.03 Å². The van der Waals surface area contributed by atoms with Crippen molar-refractivity contribution in [2.45, 2.75) is 39.8 Å². The van der Waals surface area contributed by atoms with E-state index in [-0.39, 0.29) is 30.0 Å². The van der Waals surface area contributed by atoms with Gasteiger partial charge in [-0.1, -0.05) is 12.1 Å². The first-order chi connectivity index (χ1) is 13.5. The molecule has 2 aromatic rings. The van der Waals surface area contributed by atoms with Crippen molar-refractivity contribution in [1.82, 2.24) is 20.5 Å². The van der Waals surface area contributed by atoms with Gasteiger partial charge in [0.15, 0.2) is 5.96 Å². The topological polar surface area (TPSA) is 81.7 Å². The van der Waals surface area contributed by atoms with Gasteiger partial charge in [-0.05, 0) is 44.4 Å². The number of carbonyl (C=O) groups is 1. The van der Waals surface area contributed by atoms with Crippen molar-refractivity contribution in [3.05, 3.63) is 45.4 Å². The quantitative estimate of drug-likeness (QED) is 0.313. The van der Waals surface area contributed by atoms with Crippen molar-refractivity contribution in [3.8, 4) is 0 Å². The molecule has 0 unspecified atom stereocenters. The molecule has 0 radical (unpaired) electrons. The highest BCUT2D eigenvalue weighted by Crippen LogP contribution is 2.17. The van der Waals surface area contributed by atoms with Gasteiger partial charge < -0.3 is 20.9 Å². The Morgan fingerprint density at radius 2 is 1.93 bits per heavy atom. The number of rotatable bonds is 5. The normalized spacial score (nSPS) is 13.8. The zero-order valence-electron chi connectivity index (χ0n) is 17.1. The highest BCUT2D eigenvalue weighted by Gasteiger charge is 2.17. The van der Waals surface area contributed by atoms with Crippen molar-refractivity contribution in [2.75, 3.05) is 25.5 Å².